The van der Waals surface area contributed by atoms with Gasteiger partial charge in [0.05, 0.1) is 6.61 Å². The summed E-state index contributed by atoms with van der Waals surface area (Å²) in [6.07, 6.45) is 5.64. The molecule has 0 aliphatic rings. The molecule has 15 heavy (non-hydrogen) atoms. The second-order valence-electron chi connectivity index (χ2n) is 3.56. The molecular weight excluding hydrogens is 190 g/mol. The molecule has 0 saturated heterocycles. The highest BCUT2D eigenvalue weighted by Gasteiger charge is 2.07. The molecule has 3 nitrogen and oxygen atoms in total. The van der Waals surface area contributed by atoms with Gasteiger partial charge in [0.2, 0.25) is 0 Å². The van der Waals surface area contributed by atoms with Crippen molar-refractivity contribution in [1.29, 1.82) is 0 Å². The molecule has 0 aliphatic carbocycles. The summed E-state index contributed by atoms with van der Waals surface area (Å²) in [6, 6.07) is 0.594. The highest BCUT2D eigenvalue weighted by molar-refractivity contribution is 5.81. The number of nitrogens with zero attached hydrogens (tertiary/aromatic N) is 1. The molecule has 0 heterocycles. The van der Waals surface area contributed by atoms with Gasteiger partial charge < -0.3 is 4.74 Å². The van der Waals surface area contributed by atoms with E-state index >= 15 is 0 Å². The molecule has 0 radical (unpaired) electrons. The fourth-order valence-corrected chi connectivity index (χ4v) is 1.57. The molecule has 0 unspecified atom stereocenters. The van der Waals surface area contributed by atoms with E-state index in [4.69, 9.17) is 4.74 Å². The van der Waals surface area contributed by atoms with Crippen molar-refractivity contribution < 1.29 is 9.53 Å². The number of hydrogen-bond acceptors (Lipinski definition) is 3. The Kier molecular flexibility index (Phi) is 8.01. The zero-order valence-corrected chi connectivity index (χ0v) is 10.3. The van der Waals surface area contributed by atoms with Crippen LogP contribution >= 0.6 is 0 Å². The van der Waals surface area contributed by atoms with Crippen molar-refractivity contribution in [2.24, 2.45) is 0 Å². The maximum absolute atomic E-state index is 11.0. The van der Waals surface area contributed by atoms with E-state index < -0.39 is 0 Å². The lowest BCUT2D eigenvalue weighted by atomic mass is 10.1. The van der Waals surface area contributed by atoms with E-state index in [0.717, 1.165) is 19.4 Å². The zero-order valence-electron chi connectivity index (χ0n) is 10.3. The Bertz CT molecular complexity index is 198. The van der Waals surface area contributed by atoms with Gasteiger partial charge in [-0.1, -0.05) is 19.9 Å². The molecule has 0 aromatic carbocycles. The molecule has 0 fully saturated rings. The fourth-order valence-electron chi connectivity index (χ4n) is 1.57. The Morgan fingerprint density at radius 3 is 2.40 bits per heavy atom. The van der Waals surface area contributed by atoms with Crippen LogP contribution < -0.4 is 0 Å². The van der Waals surface area contributed by atoms with Crippen molar-refractivity contribution in [3.63, 3.8) is 0 Å². The number of ether oxygens (including phenoxy) is 1. The number of rotatable bonds is 7. The SMILES string of the molecule is CCOC(=O)/C=C/CN(C)C(CC)CC. The normalized spacial score (nSPS) is 11.6. The monoisotopic (exact) mass is 213 g/mol. The Labute approximate surface area is 93.1 Å². The molecule has 0 spiro atoms. The van der Waals surface area contributed by atoms with Gasteiger partial charge in [-0.15, -0.1) is 0 Å². The molecule has 0 aliphatic heterocycles. The minimum Gasteiger partial charge on any atom is -0.463 e. The average molecular weight is 213 g/mol. The summed E-state index contributed by atoms with van der Waals surface area (Å²) in [5.41, 5.74) is 0. The smallest absolute Gasteiger partial charge is 0.330 e. The molecule has 3 heteroatoms. The minimum atomic E-state index is -0.254. The molecule has 0 aromatic heterocycles. The summed E-state index contributed by atoms with van der Waals surface area (Å²) in [5.74, 6) is -0.254. The van der Waals surface area contributed by atoms with E-state index in [1.54, 1.807) is 0 Å². The first-order valence-electron chi connectivity index (χ1n) is 5.69. The lowest BCUT2D eigenvalue weighted by molar-refractivity contribution is -0.137. The fraction of sp³-hybridized carbons (Fsp3) is 0.750. The average Bonchev–Trinajstić information content (AvgIpc) is 2.20. The maximum Gasteiger partial charge on any atom is 0.330 e. The molecule has 0 atom stereocenters. The second kappa shape index (κ2) is 8.48. The van der Waals surface area contributed by atoms with E-state index in [1.807, 2.05) is 13.0 Å². The predicted molar refractivity (Wildman–Crippen MR) is 62.8 cm³/mol. The third-order valence-corrected chi connectivity index (χ3v) is 2.50. The maximum atomic E-state index is 11.0. The van der Waals surface area contributed by atoms with Crippen LogP contribution in [0.4, 0.5) is 0 Å². The van der Waals surface area contributed by atoms with Crippen LogP contribution in [-0.2, 0) is 9.53 Å². The van der Waals surface area contributed by atoms with E-state index in [-0.39, 0.29) is 5.97 Å². The molecule has 0 rings (SSSR count). The van der Waals surface area contributed by atoms with Crippen molar-refractivity contribution in [3.05, 3.63) is 12.2 Å². The first-order chi connectivity index (χ1) is 7.15. The first kappa shape index (κ1) is 14.2. The predicted octanol–water partition coefficient (Wildman–Crippen LogP) is 2.23. The van der Waals surface area contributed by atoms with Crippen molar-refractivity contribution in [2.75, 3.05) is 20.2 Å². The highest BCUT2D eigenvalue weighted by atomic mass is 16.5. The van der Waals surface area contributed by atoms with Crippen LogP contribution in [0.25, 0.3) is 0 Å². The Balaban J connectivity index is 3.87. The van der Waals surface area contributed by atoms with Gasteiger partial charge in [-0.25, -0.2) is 4.79 Å². The number of esters is 1. The zero-order chi connectivity index (χ0) is 11.7. The van der Waals surface area contributed by atoms with Crippen LogP contribution in [0.5, 0.6) is 0 Å². The lowest BCUT2D eigenvalue weighted by Crippen LogP contribution is -2.30. The van der Waals surface area contributed by atoms with Crippen molar-refractivity contribution in [1.82, 2.24) is 4.90 Å². The number of carbonyl (C=O) groups excluding carboxylic acids is 1. The summed E-state index contributed by atoms with van der Waals surface area (Å²) in [5, 5.41) is 0. The number of hydrogen-bond donors (Lipinski definition) is 0. The third-order valence-electron chi connectivity index (χ3n) is 2.50. The molecule has 0 saturated carbocycles. The van der Waals surface area contributed by atoms with Crippen LogP contribution in [-0.4, -0.2) is 37.1 Å². The summed E-state index contributed by atoms with van der Waals surface area (Å²) < 4.78 is 4.79. The van der Waals surface area contributed by atoms with Gasteiger partial charge >= 0.3 is 5.97 Å². The quantitative estimate of drug-likeness (QED) is 0.480. The van der Waals surface area contributed by atoms with E-state index in [2.05, 4.69) is 25.8 Å². The Hall–Kier alpha value is -0.830. The van der Waals surface area contributed by atoms with Crippen LogP contribution in [0.3, 0.4) is 0 Å². The summed E-state index contributed by atoms with van der Waals surface area (Å²) in [7, 11) is 2.08. The molecular formula is C12H23NO2. The minimum absolute atomic E-state index is 0.254. The Morgan fingerprint density at radius 2 is 1.93 bits per heavy atom. The number of carbonyl (C=O) groups is 1. The summed E-state index contributed by atoms with van der Waals surface area (Å²) in [6.45, 7) is 7.40. The number of likely N-dealkylation sites (N-methyl/N-ethyl adjacent to an activating group) is 1. The molecule has 0 bridgehead atoms. The van der Waals surface area contributed by atoms with Crippen molar-refractivity contribution >= 4 is 5.97 Å². The van der Waals surface area contributed by atoms with Crippen LogP contribution in [0, 0.1) is 0 Å². The third kappa shape index (κ3) is 6.28. The largest absolute Gasteiger partial charge is 0.463 e. The molecule has 0 aromatic rings. The van der Waals surface area contributed by atoms with E-state index in [9.17, 15) is 4.79 Å². The molecule has 0 amide bonds. The van der Waals surface area contributed by atoms with Crippen LogP contribution in [0.2, 0.25) is 0 Å². The van der Waals surface area contributed by atoms with Crippen LogP contribution in [0.15, 0.2) is 12.2 Å². The molecule has 0 N–H and O–H groups in total. The first-order valence-corrected chi connectivity index (χ1v) is 5.69. The standard InChI is InChI=1S/C12H23NO2/c1-5-11(6-2)13(4)10-8-9-12(14)15-7-3/h8-9,11H,5-7,10H2,1-4H3/b9-8+. The molecule has 88 valence electrons. The van der Waals surface area contributed by atoms with Crippen LogP contribution in [0.1, 0.15) is 33.6 Å². The lowest BCUT2D eigenvalue weighted by Gasteiger charge is -2.24. The van der Waals surface area contributed by atoms with Gasteiger partial charge in [-0.05, 0) is 26.8 Å². The van der Waals surface area contributed by atoms with Gasteiger partial charge in [0.25, 0.3) is 0 Å². The van der Waals surface area contributed by atoms with Gasteiger partial charge in [0, 0.05) is 18.7 Å². The highest BCUT2D eigenvalue weighted by Crippen LogP contribution is 2.05. The second-order valence-corrected chi connectivity index (χ2v) is 3.56. The van der Waals surface area contributed by atoms with Crippen molar-refractivity contribution in [3.8, 4) is 0 Å². The van der Waals surface area contributed by atoms with E-state index in [1.165, 1.54) is 6.08 Å². The van der Waals surface area contributed by atoms with Gasteiger partial charge in [0.15, 0.2) is 0 Å². The Morgan fingerprint density at radius 1 is 1.33 bits per heavy atom. The van der Waals surface area contributed by atoms with Gasteiger partial charge in [-0.3, -0.25) is 4.90 Å². The van der Waals surface area contributed by atoms with Gasteiger partial charge in [0.1, 0.15) is 0 Å². The van der Waals surface area contributed by atoms with E-state index in [0.29, 0.717) is 12.6 Å². The van der Waals surface area contributed by atoms with Gasteiger partial charge in [-0.2, -0.15) is 0 Å². The summed E-state index contributed by atoms with van der Waals surface area (Å²) >= 11 is 0. The topological polar surface area (TPSA) is 29.5 Å². The summed E-state index contributed by atoms with van der Waals surface area (Å²) in [4.78, 5) is 13.3. The van der Waals surface area contributed by atoms with Crippen molar-refractivity contribution in [2.45, 2.75) is 39.7 Å².